The van der Waals surface area contributed by atoms with Crippen molar-refractivity contribution in [2.45, 2.75) is 56.6 Å². The maximum Gasteiger partial charge on any atom is 0.256 e. The smallest absolute Gasteiger partial charge is 0.256 e. The first kappa shape index (κ1) is 16.8. The molecule has 4 nitrogen and oxygen atoms in total. The summed E-state index contributed by atoms with van der Waals surface area (Å²) in [6, 6.07) is 0. The van der Waals surface area contributed by atoms with Gasteiger partial charge in [0.1, 0.15) is 0 Å². The normalized spacial score (nSPS) is 27.8. The number of carbonyl (C=O) groups excluding carboxylic acids is 2. The number of thioether (sulfide) groups is 1. The van der Waals surface area contributed by atoms with E-state index in [2.05, 4.69) is 16.4 Å². The molecule has 2 amide bonds. The van der Waals surface area contributed by atoms with Gasteiger partial charge < -0.3 is 5.32 Å². The van der Waals surface area contributed by atoms with Gasteiger partial charge in [-0.1, -0.05) is 18.9 Å². The highest BCUT2D eigenvalue weighted by molar-refractivity contribution is 8.00. The van der Waals surface area contributed by atoms with Crippen molar-refractivity contribution in [3.8, 4) is 0 Å². The zero-order valence-electron chi connectivity index (χ0n) is 14.4. The van der Waals surface area contributed by atoms with E-state index in [4.69, 9.17) is 0 Å². The van der Waals surface area contributed by atoms with Crippen LogP contribution in [-0.4, -0.2) is 28.5 Å². The minimum atomic E-state index is -0.0773. The van der Waals surface area contributed by atoms with E-state index >= 15 is 0 Å². The van der Waals surface area contributed by atoms with E-state index < -0.39 is 0 Å². The van der Waals surface area contributed by atoms with Crippen molar-refractivity contribution in [3.05, 3.63) is 35.1 Å². The van der Waals surface area contributed by atoms with Crippen LogP contribution in [0.4, 0.5) is 0 Å². The molecule has 0 spiro atoms. The number of hydrogen-bond acceptors (Lipinski definition) is 3. The number of rotatable bonds is 3. The van der Waals surface area contributed by atoms with E-state index in [0.29, 0.717) is 16.7 Å². The topological polar surface area (TPSA) is 58.5 Å². The highest BCUT2D eigenvalue weighted by atomic mass is 32.2. The molecule has 5 heteroatoms. The lowest BCUT2D eigenvalue weighted by Crippen LogP contribution is -2.37. The second-order valence-electron chi connectivity index (χ2n) is 7.25. The van der Waals surface area contributed by atoms with Crippen LogP contribution >= 0.6 is 11.8 Å². The number of carbonyl (C=O) groups is 2. The minimum Gasteiger partial charge on any atom is -0.325 e. The van der Waals surface area contributed by atoms with Gasteiger partial charge in [0.2, 0.25) is 0 Å². The summed E-state index contributed by atoms with van der Waals surface area (Å²) in [5, 5.41) is 3.64. The van der Waals surface area contributed by atoms with Gasteiger partial charge in [0.15, 0.2) is 0 Å². The average molecular weight is 356 g/mol. The van der Waals surface area contributed by atoms with Crippen LogP contribution in [0.25, 0.3) is 0 Å². The first-order chi connectivity index (χ1) is 12.2. The minimum absolute atomic E-state index is 0.0370. The summed E-state index contributed by atoms with van der Waals surface area (Å²) >= 11 is 1.74. The molecule has 25 heavy (non-hydrogen) atoms. The maximum absolute atomic E-state index is 12.3. The maximum atomic E-state index is 12.3. The van der Waals surface area contributed by atoms with E-state index in [0.717, 1.165) is 37.0 Å². The van der Waals surface area contributed by atoms with Crippen LogP contribution in [0.1, 0.15) is 51.4 Å². The predicted octanol–water partition coefficient (Wildman–Crippen LogP) is 3.70. The predicted molar refractivity (Wildman–Crippen MR) is 102 cm³/mol. The molecule has 1 aliphatic heterocycles. The zero-order chi connectivity index (χ0) is 17.2. The number of nitrogens with zero attached hydrogens (tertiary/aromatic N) is 1. The molecule has 1 N–H and O–H groups in total. The second-order valence-corrected chi connectivity index (χ2v) is 8.54. The Labute approximate surface area is 152 Å². The highest BCUT2D eigenvalue weighted by Crippen LogP contribution is 2.38. The Bertz CT molecular complexity index is 711. The van der Waals surface area contributed by atoms with E-state index in [1.807, 2.05) is 12.2 Å². The summed E-state index contributed by atoms with van der Waals surface area (Å²) < 4.78 is 0. The Morgan fingerprint density at radius 3 is 2.84 bits per heavy atom. The fourth-order valence-electron chi connectivity index (χ4n) is 4.24. The lowest BCUT2D eigenvalue weighted by Gasteiger charge is -2.33. The quantitative estimate of drug-likeness (QED) is 0.839. The summed E-state index contributed by atoms with van der Waals surface area (Å²) in [7, 11) is 0. The molecule has 1 fully saturated rings. The van der Waals surface area contributed by atoms with Crippen LogP contribution in [0.5, 0.6) is 0 Å². The lowest BCUT2D eigenvalue weighted by atomic mass is 9.77. The Morgan fingerprint density at radius 1 is 1.20 bits per heavy atom. The molecule has 1 saturated carbocycles. The van der Waals surface area contributed by atoms with Gasteiger partial charge in [0.25, 0.3) is 11.8 Å². The standard InChI is InChI=1S/C20H24N2O2S/c23-19(12-25-14-5-1-2-6-14)21-13-9-10-16-15-7-3-4-8-17(15)20(24)22-18(16)11-13/h9-11,14,16H,1-8,12H2,(H,22,24). The Hall–Kier alpha value is -1.62. The van der Waals surface area contributed by atoms with E-state index in [1.165, 1.54) is 31.3 Å². The molecule has 0 aromatic rings. The third kappa shape index (κ3) is 3.66. The number of allylic oxidation sites excluding steroid dienone is 3. The van der Waals surface area contributed by atoms with Crippen LogP contribution in [0, 0.1) is 5.92 Å². The number of aliphatic imine (C=N–C) groups is 1. The monoisotopic (exact) mass is 356 g/mol. The molecule has 0 bridgehead atoms. The van der Waals surface area contributed by atoms with Gasteiger partial charge in [-0.05, 0) is 56.3 Å². The van der Waals surface area contributed by atoms with Crippen LogP contribution in [0.15, 0.2) is 40.1 Å². The fourth-order valence-corrected chi connectivity index (χ4v) is 5.35. The lowest BCUT2D eigenvalue weighted by molar-refractivity contribution is -0.117. The fraction of sp³-hybridized carbons (Fsp3) is 0.550. The van der Waals surface area contributed by atoms with Crippen molar-refractivity contribution in [1.82, 2.24) is 5.32 Å². The molecule has 1 atom stereocenters. The molecule has 0 aromatic heterocycles. The summed E-state index contributed by atoms with van der Waals surface area (Å²) in [5.41, 5.74) is 3.77. The molecule has 132 valence electrons. The van der Waals surface area contributed by atoms with Crippen molar-refractivity contribution in [3.63, 3.8) is 0 Å². The molecule has 3 aliphatic carbocycles. The number of hydrogen-bond donors (Lipinski definition) is 1. The van der Waals surface area contributed by atoms with Gasteiger partial charge in [-0.3, -0.25) is 9.59 Å². The Morgan fingerprint density at radius 2 is 2.00 bits per heavy atom. The van der Waals surface area contributed by atoms with Gasteiger partial charge >= 0.3 is 0 Å². The first-order valence-electron chi connectivity index (χ1n) is 9.37. The molecule has 4 aliphatic rings. The highest BCUT2D eigenvalue weighted by Gasteiger charge is 2.33. The molecule has 0 aromatic carbocycles. The Kier molecular flexibility index (Phi) is 4.93. The molecular formula is C20H24N2O2S. The molecule has 0 radical (unpaired) electrons. The molecule has 0 saturated heterocycles. The summed E-state index contributed by atoms with van der Waals surface area (Å²) in [6.07, 6.45) is 15.1. The number of amides is 2. The van der Waals surface area contributed by atoms with E-state index in [9.17, 15) is 9.59 Å². The zero-order valence-corrected chi connectivity index (χ0v) is 15.2. The molecule has 4 rings (SSSR count). The van der Waals surface area contributed by atoms with Crippen LogP contribution in [-0.2, 0) is 9.59 Å². The summed E-state index contributed by atoms with van der Waals surface area (Å²) in [6.45, 7) is 0. The van der Waals surface area contributed by atoms with Crippen molar-refractivity contribution in [1.29, 1.82) is 0 Å². The van der Waals surface area contributed by atoms with E-state index in [1.54, 1.807) is 11.8 Å². The van der Waals surface area contributed by atoms with Gasteiger partial charge in [0.05, 0.1) is 11.5 Å². The SMILES string of the molecule is O=C(CSC1CCCC1)N=C1C=CC2C(=C1)NC(=O)C1=C2CCCC1. The number of nitrogens with one attached hydrogen (secondary N) is 1. The van der Waals surface area contributed by atoms with Crippen molar-refractivity contribution in [2.24, 2.45) is 10.9 Å². The summed E-state index contributed by atoms with van der Waals surface area (Å²) in [4.78, 5) is 28.7. The molecule has 1 unspecified atom stereocenters. The van der Waals surface area contributed by atoms with Crippen LogP contribution < -0.4 is 5.32 Å². The third-order valence-corrected chi connectivity index (χ3v) is 6.87. The molecule has 1 heterocycles. The first-order valence-corrected chi connectivity index (χ1v) is 10.4. The van der Waals surface area contributed by atoms with Crippen LogP contribution in [0.3, 0.4) is 0 Å². The van der Waals surface area contributed by atoms with E-state index in [-0.39, 0.29) is 17.7 Å². The van der Waals surface area contributed by atoms with Crippen molar-refractivity contribution in [2.75, 3.05) is 5.75 Å². The van der Waals surface area contributed by atoms with Gasteiger partial charge in [-0.25, -0.2) is 4.99 Å². The van der Waals surface area contributed by atoms with Crippen LogP contribution in [0.2, 0.25) is 0 Å². The van der Waals surface area contributed by atoms with Gasteiger partial charge in [0, 0.05) is 22.4 Å². The molecular weight excluding hydrogens is 332 g/mol. The van der Waals surface area contributed by atoms with Crippen molar-refractivity contribution < 1.29 is 9.59 Å². The summed E-state index contributed by atoms with van der Waals surface area (Å²) in [5.74, 6) is 0.576. The van der Waals surface area contributed by atoms with Crippen molar-refractivity contribution >= 4 is 29.3 Å². The second kappa shape index (κ2) is 7.32. The Balaban J connectivity index is 1.45. The van der Waals surface area contributed by atoms with Gasteiger partial charge in [-0.15, -0.1) is 11.8 Å². The van der Waals surface area contributed by atoms with Gasteiger partial charge in [-0.2, -0.15) is 0 Å². The number of fused-ring (bicyclic) bond motifs is 2. The third-order valence-electron chi connectivity index (χ3n) is 5.51. The largest absolute Gasteiger partial charge is 0.325 e. The average Bonchev–Trinajstić information content (AvgIpc) is 3.14.